The van der Waals surface area contributed by atoms with Gasteiger partial charge in [-0.2, -0.15) is 39.5 Å². The van der Waals surface area contributed by atoms with Gasteiger partial charge in [0.05, 0.1) is 16.7 Å². The molecule has 3 aromatic rings. The maximum absolute atomic E-state index is 12.9. The van der Waals surface area contributed by atoms with Crippen molar-refractivity contribution in [1.29, 1.82) is 0 Å². The Kier molecular flexibility index (Phi) is 5.96. The van der Waals surface area contributed by atoms with Crippen molar-refractivity contribution in [2.45, 2.75) is 18.5 Å². The van der Waals surface area contributed by atoms with E-state index < -0.39 is 44.0 Å². The summed E-state index contributed by atoms with van der Waals surface area (Å²) in [5.74, 6) is 0. The van der Waals surface area contributed by atoms with Crippen molar-refractivity contribution >= 4 is 24.4 Å². The van der Waals surface area contributed by atoms with Gasteiger partial charge in [-0.05, 0) is 0 Å². The summed E-state index contributed by atoms with van der Waals surface area (Å²) < 4.78 is 116. The van der Waals surface area contributed by atoms with Gasteiger partial charge in [0.1, 0.15) is 0 Å². The molecule has 3 rings (SSSR count). The summed E-state index contributed by atoms with van der Waals surface area (Å²) in [7, 11) is -2.16. The minimum atomic E-state index is -4.58. The van der Waals surface area contributed by atoms with Crippen LogP contribution in [0.3, 0.4) is 0 Å². The first-order valence-corrected chi connectivity index (χ1v) is 10.2. The molecule has 10 heteroatoms. The van der Waals surface area contributed by atoms with Crippen LogP contribution in [-0.4, -0.2) is 8.80 Å². The molecule has 0 N–H and O–H groups in total. The quantitative estimate of drug-likeness (QED) is 0.283. The highest BCUT2D eigenvalue weighted by atomic mass is 28.3. The maximum atomic E-state index is 12.9. The Hall–Kier alpha value is -2.75. The number of hydrogen-bond acceptors (Lipinski definition) is 0. The maximum Gasteiger partial charge on any atom is 0.416 e. The molecule has 0 aromatic heterocycles. The first-order chi connectivity index (χ1) is 14.3. The van der Waals surface area contributed by atoms with Crippen LogP contribution in [0.5, 0.6) is 0 Å². The van der Waals surface area contributed by atoms with Gasteiger partial charge in [-0.3, -0.25) is 0 Å². The van der Waals surface area contributed by atoms with Crippen molar-refractivity contribution in [3.63, 3.8) is 0 Å². The van der Waals surface area contributed by atoms with E-state index in [4.69, 9.17) is 0 Å². The van der Waals surface area contributed by atoms with Gasteiger partial charge < -0.3 is 0 Å². The topological polar surface area (TPSA) is 0 Å². The van der Waals surface area contributed by atoms with Crippen LogP contribution in [0.4, 0.5) is 39.5 Å². The molecule has 0 spiro atoms. The molecule has 0 amide bonds. The lowest BCUT2D eigenvalue weighted by Gasteiger charge is -2.19. The van der Waals surface area contributed by atoms with E-state index in [1.54, 1.807) is 0 Å². The van der Waals surface area contributed by atoms with Gasteiger partial charge in [0, 0.05) is 0 Å². The SMILES string of the molecule is FC(F)(F)c1ccc([Si](c2ccc(C(F)(F)F)cc2)c2ccc(C(F)(F)F)cc2)cc1. The molecule has 1 radical (unpaired) electrons. The van der Waals surface area contributed by atoms with Gasteiger partial charge in [-0.15, -0.1) is 0 Å². The van der Waals surface area contributed by atoms with E-state index in [-0.39, 0.29) is 0 Å². The zero-order chi connectivity index (χ0) is 23.0. The van der Waals surface area contributed by atoms with Crippen molar-refractivity contribution in [2.24, 2.45) is 0 Å². The Morgan fingerprint density at radius 1 is 0.355 bits per heavy atom. The van der Waals surface area contributed by atoms with Gasteiger partial charge in [0.15, 0.2) is 8.80 Å². The van der Waals surface area contributed by atoms with Crippen LogP contribution < -0.4 is 15.6 Å². The molecule has 0 heterocycles. The minimum absolute atomic E-state index is 0.387. The number of halogens is 9. The van der Waals surface area contributed by atoms with Crippen molar-refractivity contribution in [3.8, 4) is 0 Å². The highest BCUT2D eigenvalue weighted by molar-refractivity contribution is 6.95. The minimum Gasteiger partial charge on any atom is -0.166 e. The highest BCUT2D eigenvalue weighted by Crippen LogP contribution is 2.30. The predicted molar refractivity (Wildman–Crippen MR) is 99.0 cm³/mol. The fourth-order valence-corrected chi connectivity index (χ4v) is 5.48. The summed E-state index contributed by atoms with van der Waals surface area (Å²) >= 11 is 0. The van der Waals surface area contributed by atoms with E-state index in [9.17, 15) is 39.5 Å². The summed E-state index contributed by atoms with van der Waals surface area (Å²) in [6.07, 6.45) is -13.7. The fraction of sp³-hybridized carbons (Fsp3) is 0.143. The third kappa shape index (κ3) is 5.30. The van der Waals surface area contributed by atoms with Gasteiger partial charge in [0.25, 0.3) is 0 Å². The Bertz CT molecular complexity index is 877. The predicted octanol–water partition coefficient (Wildman–Crippen LogP) is 5.26. The third-order valence-electron chi connectivity index (χ3n) is 4.50. The van der Waals surface area contributed by atoms with Crippen LogP contribution in [0, 0.1) is 0 Å². The van der Waals surface area contributed by atoms with Crippen LogP contribution in [0.15, 0.2) is 72.8 Å². The molecule has 0 atom stereocenters. The summed E-state index contributed by atoms with van der Waals surface area (Å²) in [5, 5.41) is 1.16. The normalized spacial score (nSPS) is 13.0. The van der Waals surface area contributed by atoms with Gasteiger partial charge in [0.2, 0.25) is 0 Å². The average molecular weight is 463 g/mol. The number of hydrogen-bond donors (Lipinski definition) is 0. The fourth-order valence-electron chi connectivity index (χ4n) is 2.98. The van der Waals surface area contributed by atoms with Crippen LogP contribution in [-0.2, 0) is 18.5 Å². The zero-order valence-electron chi connectivity index (χ0n) is 15.3. The van der Waals surface area contributed by atoms with Crippen LogP contribution >= 0.6 is 0 Å². The molecule has 3 aromatic carbocycles. The lowest BCUT2D eigenvalue weighted by atomic mass is 10.2. The second-order valence-corrected chi connectivity index (χ2v) is 9.08. The standard InChI is InChI=1S/C21H12F9Si/c22-19(23,24)13-1-7-16(8-2-13)31(17-9-3-14(4-10-17)20(25,26)27)18-11-5-15(6-12-18)21(28,29)30/h1-12H. The van der Waals surface area contributed by atoms with Crippen molar-refractivity contribution in [3.05, 3.63) is 89.5 Å². The molecule has 0 aliphatic heterocycles. The molecule has 0 saturated heterocycles. The van der Waals surface area contributed by atoms with E-state index in [1.165, 1.54) is 36.4 Å². The molecule has 0 bridgehead atoms. The molecule has 0 saturated carbocycles. The second-order valence-electron chi connectivity index (χ2n) is 6.60. The van der Waals surface area contributed by atoms with Crippen LogP contribution in [0.25, 0.3) is 0 Å². The van der Waals surface area contributed by atoms with Crippen LogP contribution in [0.2, 0.25) is 0 Å². The molecular weight excluding hydrogens is 451 g/mol. The molecule has 0 nitrogen and oxygen atoms in total. The molecule has 0 fully saturated rings. The summed E-state index contributed by atoms with van der Waals surface area (Å²) in [6, 6.07) is 12.3. The number of rotatable bonds is 3. The number of benzene rings is 3. The Morgan fingerprint density at radius 3 is 0.710 bits per heavy atom. The zero-order valence-corrected chi connectivity index (χ0v) is 16.3. The van der Waals surface area contributed by atoms with E-state index in [0.29, 0.717) is 15.6 Å². The van der Waals surface area contributed by atoms with E-state index in [0.717, 1.165) is 36.4 Å². The Balaban J connectivity index is 2.08. The lowest BCUT2D eigenvalue weighted by Crippen LogP contribution is -2.52. The molecule has 31 heavy (non-hydrogen) atoms. The molecular formula is C21H12F9Si. The molecule has 0 unspecified atom stereocenters. The monoisotopic (exact) mass is 463 g/mol. The van der Waals surface area contributed by atoms with E-state index in [1.807, 2.05) is 0 Å². The Labute approximate surface area is 172 Å². The molecule has 163 valence electrons. The summed E-state index contributed by atoms with van der Waals surface area (Å²) in [4.78, 5) is 0. The first-order valence-electron chi connectivity index (χ1n) is 8.66. The average Bonchev–Trinajstić information content (AvgIpc) is 2.67. The smallest absolute Gasteiger partial charge is 0.166 e. The van der Waals surface area contributed by atoms with Crippen molar-refractivity contribution < 1.29 is 39.5 Å². The Morgan fingerprint density at radius 2 is 0.548 bits per heavy atom. The summed E-state index contributed by atoms with van der Waals surface area (Å²) in [5.41, 5.74) is -2.72. The van der Waals surface area contributed by atoms with E-state index in [2.05, 4.69) is 0 Å². The third-order valence-corrected chi connectivity index (χ3v) is 7.23. The van der Waals surface area contributed by atoms with Crippen LogP contribution in [0.1, 0.15) is 16.7 Å². The lowest BCUT2D eigenvalue weighted by molar-refractivity contribution is -0.138. The van der Waals surface area contributed by atoms with E-state index >= 15 is 0 Å². The highest BCUT2D eigenvalue weighted by Gasteiger charge is 2.33. The van der Waals surface area contributed by atoms with Gasteiger partial charge >= 0.3 is 18.5 Å². The number of alkyl halides is 9. The first kappa shape index (κ1) is 22.9. The molecule has 0 aliphatic carbocycles. The summed E-state index contributed by atoms with van der Waals surface area (Å²) in [6.45, 7) is 0. The van der Waals surface area contributed by atoms with Crippen molar-refractivity contribution in [2.75, 3.05) is 0 Å². The molecule has 0 aliphatic rings. The largest absolute Gasteiger partial charge is 0.416 e. The van der Waals surface area contributed by atoms with Gasteiger partial charge in [-0.25, -0.2) is 0 Å². The van der Waals surface area contributed by atoms with Gasteiger partial charge in [-0.1, -0.05) is 88.4 Å². The van der Waals surface area contributed by atoms with Crippen molar-refractivity contribution in [1.82, 2.24) is 0 Å². The second kappa shape index (κ2) is 8.06.